The average molecular weight is 261 g/mol. The van der Waals surface area contributed by atoms with Gasteiger partial charge in [0.15, 0.2) is 0 Å². The van der Waals surface area contributed by atoms with Gasteiger partial charge < -0.3 is 14.6 Å². The second-order valence-electron chi connectivity index (χ2n) is 2.88. The molecule has 0 heterocycles. The molecular formula is C10H13BrO3. The van der Waals surface area contributed by atoms with E-state index in [2.05, 4.69) is 15.9 Å². The van der Waals surface area contributed by atoms with E-state index in [0.29, 0.717) is 17.1 Å². The minimum absolute atomic E-state index is 0.0816. The van der Waals surface area contributed by atoms with E-state index in [-0.39, 0.29) is 6.61 Å². The van der Waals surface area contributed by atoms with Crippen LogP contribution in [0.4, 0.5) is 0 Å². The third-order valence-electron chi connectivity index (χ3n) is 2.04. The van der Waals surface area contributed by atoms with Gasteiger partial charge in [0, 0.05) is 5.56 Å². The number of halogens is 1. The molecule has 1 rings (SSSR count). The van der Waals surface area contributed by atoms with Crippen molar-refractivity contribution in [2.24, 2.45) is 0 Å². The van der Waals surface area contributed by atoms with E-state index in [1.165, 1.54) is 0 Å². The SMILES string of the molecule is COc1cc(C)c(OC)c(CO)c1Br. The highest BCUT2D eigenvalue weighted by molar-refractivity contribution is 9.10. The summed E-state index contributed by atoms with van der Waals surface area (Å²) in [4.78, 5) is 0. The van der Waals surface area contributed by atoms with Crippen LogP contribution in [0.15, 0.2) is 10.5 Å². The zero-order valence-electron chi connectivity index (χ0n) is 8.43. The van der Waals surface area contributed by atoms with Crippen molar-refractivity contribution < 1.29 is 14.6 Å². The van der Waals surface area contributed by atoms with Gasteiger partial charge in [0.1, 0.15) is 11.5 Å². The molecule has 0 saturated heterocycles. The molecule has 0 spiro atoms. The van der Waals surface area contributed by atoms with Crippen LogP contribution in [0.3, 0.4) is 0 Å². The maximum Gasteiger partial charge on any atom is 0.133 e. The van der Waals surface area contributed by atoms with Gasteiger partial charge in [-0.15, -0.1) is 0 Å². The lowest BCUT2D eigenvalue weighted by atomic mass is 10.1. The summed E-state index contributed by atoms with van der Waals surface area (Å²) in [6, 6.07) is 1.86. The van der Waals surface area contributed by atoms with Crippen molar-refractivity contribution in [3.8, 4) is 11.5 Å². The van der Waals surface area contributed by atoms with Crippen LogP contribution in [0.5, 0.6) is 11.5 Å². The Labute approximate surface area is 91.8 Å². The third kappa shape index (κ3) is 1.86. The van der Waals surface area contributed by atoms with E-state index in [0.717, 1.165) is 10.0 Å². The fourth-order valence-corrected chi connectivity index (χ4v) is 1.97. The first-order chi connectivity index (χ1) is 6.65. The molecule has 0 radical (unpaired) electrons. The van der Waals surface area contributed by atoms with Gasteiger partial charge in [0.2, 0.25) is 0 Å². The highest BCUT2D eigenvalue weighted by Crippen LogP contribution is 2.37. The van der Waals surface area contributed by atoms with Crippen molar-refractivity contribution in [2.45, 2.75) is 13.5 Å². The number of aliphatic hydroxyl groups is 1. The van der Waals surface area contributed by atoms with E-state index in [9.17, 15) is 5.11 Å². The Morgan fingerprint density at radius 3 is 2.43 bits per heavy atom. The summed E-state index contributed by atoms with van der Waals surface area (Å²) in [6.07, 6.45) is 0. The molecule has 0 aromatic heterocycles. The maximum absolute atomic E-state index is 9.21. The molecule has 0 bridgehead atoms. The van der Waals surface area contributed by atoms with E-state index >= 15 is 0 Å². The first-order valence-corrected chi connectivity index (χ1v) is 4.95. The maximum atomic E-state index is 9.21. The molecule has 0 saturated carbocycles. The van der Waals surface area contributed by atoms with Crippen molar-refractivity contribution >= 4 is 15.9 Å². The number of aliphatic hydroxyl groups excluding tert-OH is 1. The number of benzene rings is 1. The lowest BCUT2D eigenvalue weighted by Crippen LogP contribution is -1.98. The summed E-state index contributed by atoms with van der Waals surface area (Å²) in [5.41, 5.74) is 1.65. The van der Waals surface area contributed by atoms with Crippen LogP contribution in [-0.2, 0) is 6.61 Å². The number of methoxy groups -OCH3 is 2. The van der Waals surface area contributed by atoms with E-state index in [1.807, 2.05) is 13.0 Å². The molecule has 0 atom stereocenters. The second-order valence-corrected chi connectivity index (χ2v) is 3.67. The standard InChI is InChI=1S/C10H13BrO3/c1-6-4-8(13-2)9(11)7(5-12)10(6)14-3/h4,12H,5H2,1-3H3. The fourth-order valence-electron chi connectivity index (χ4n) is 1.39. The normalized spacial score (nSPS) is 10.1. The molecule has 0 amide bonds. The molecule has 0 unspecified atom stereocenters. The fraction of sp³-hybridized carbons (Fsp3) is 0.400. The summed E-state index contributed by atoms with van der Waals surface area (Å²) in [6.45, 7) is 1.83. The Kier molecular flexibility index (Phi) is 3.77. The molecule has 0 aliphatic rings. The summed E-state index contributed by atoms with van der Waals surface area (Å²) in [7, 11) is 3.17. The number of hydrogen-bond acceptors (Lipinski definition) is 3. The largest absolute Gasteiger partial charge is 0.496 e. The Bertz CT molecular complexity index is 337. The second kappa shape index (κ2) is 4.66. The Morgan fingerprint density at radius 2 is 2.00 bits per heavy atom. The lowest BCUT2D eigenvalue weighted by Gasteiger charge is -2.14. The van der Waals surface area contributed by atoms with Crippen LogP contribution < -0.4 is 9.47 Å². The van der Waals surface area contributed by atoms with Crippen LogP contribution in [0, 0.1) is 6.92 Å². The predicted molar refractivity (Wildman–Crippen MR) is 57.9 cm³/mol. The van der Waals surface area contributed by atoms with Crippen LogP contribution in [0.25, 0.3) is 0 Å². The first kappa shape index (κ1) is 11.3. The van der Waals surface area contributed by atoms with E-state index in [1.54, 1.807) is 14.2 Å². The van der Waals surface area contributed by atoms with Crippen LogP contribution in [0.2, 0.25) is 0 Å². The first-order valence-electron chi connectivity index (χ1n) is 4.16. The molecule has 0 aliphatic carbocycles. The average Bonchev–Trinajstić information content (AvgIpc) is 2.20. The number of hydrogen-bond donors (Lipinski definition) is 1. The molecule has 14 heavy (non-hydrogen) atoms. The third-order valence-corrected chi connectivity index (χ3v) is 2.91. The van der Waals surface area contributed by atoms with Crippen molar-refractivity contribution in [1.82, 2.24) is 0 Å². The van der Waals surface area contributed by atoms with Crippen LogP contribution in [0.1, 0.15) is 11.1 Å². The zero-order valence-corrected chi connectivity index (χ0v) is 10.0. The number of rotatable bonds is 3. The summed E-state index contributed by atoms with van der Waals surface area (Å²) < 4.78 is 11.1. The van der Waals surface area contributed by atoms with Gasteiger partial charge in [-0.05, 0) is 34.5 Å². The molecule has 1 N–H and O–H groups in total. The molecular weight excluding hydrogens is 248 g/mol. The van der Waals surface area contributed by atoms with Crippen LogP contribution in [-0.4, -0.2) is 19.3 Å². The smallest absolute Gasteiger partial charge is 0.133 e. The van der Waals surface area contributed by atoms with Crippen LogP contribution >= 0.6 is 15.9 Å². The van der Waals surface area contributed by atoms with Gasteiger partial charge in [-0.1, -0.05) is 0 Å². The lowest BCUT2D eigenvalue weighted by molar-refractivity contribution is 0.271. The Morgan fingerprint density at radius 1 is 1.36 bits per heavy atom. The van der Waals surface area contributed by atoms with Gasteiger partial charge >= 0.3 is 0 Å². The minimum atomic E-state index is -0.0816. The van der Waals surface area contributed by atoms with Crippen molar-refractivity contribution in [3.63, 3.8) is 0 Å². The molecule has 0 fully saturated rings. The van der Waals surface area contributed by atoms with Gasteiger partial charge in [-0.3, -0.25) is 0 Å². The van der Waals surface area contributed by atoms with Gasteiger partial charge in [-0.25, -0.2) is 0 Å². The van der Waals surface area contributed by atoms with Crippen molar-refractivity contribution in [3.05, 3.63) is 21.7 Å². The quantitative estimate of drug-likeness (QED) is 0.907. The van der Waals surface area contributed by atoms with E-state index in [4.69, 9.17) is 9.47 Å². The molecule has 4 heteroatoms. The van der Waals surface area contributed by atoms with Crippen molar-refractivity contribution in [1.29, 1.82) is 0 Å². The molecule has 78 valence electrons. The Hall–Kier alpha value is -0.740. The molecule has 1 aromatic rings. The highest BCUT2D eigenvalue weighted by atomic mass is 79.9. The summed E-state index contributed by atoms with van der Waals surface area (Å²) in [5, 5.41) is 9.21. The molecule has 1 aromatic carbocycles. The van der Waals surface area contributed by atoms with Gasteiger partial charge in [0.25, 0.3) is 0 Å². The summed E-state index contributed by atoms with van der Waals surface area (Å²) in [5.74, 6) is 1.40. The predicted octanol–water partition coefficient (Wildman–Crippen LogP) is 2.27. The molecule has 0 aliphatic heterocycles. The number of aryl methyl sites for hydroxylation is 1. The molecule has 3 nitrogen and oxygen atoms in total. The number of ether oxygens (including phenoxy) is 2. The Balaban J connectivity index is 3.40. The van der Waals surface area contributed by atoms with Gasteiger partial charge in [-0.2, -0.15) is 0 Å². The minimum Gasteiger partial charge on any atom is -0.496 e. The summed E-state index contributed by atoms with van der Waals surface area (Å²) >= 11 is 3.36. The van der Waals surface area contributed by atoms with Crippen molar-refractivity contribution in [2.75, 3.05) is 14.2 Å². The van der Waals surface area contributed by atoms with Gasteiger partial charge in [0.05, 0.1) is 25.3 Å². The topological polar surface area (TPSA) is 38.7 Å². The monoisotopic (exact) mass is 260 g/mol. The zero-order chi connectivity index (χ0) is 10.7. The highest BCUT2D eigenvalue weighted by Gasteiger charge is 2.14. The van der Waals surface area contributed by atoms with E-state index < -0.39 is 0 Å².